The first-order valence-corrected chi connectivity index (χ1v) is 13.8. The zero-order chi connectivity index (χ0) is 27.1. The highest BCUT2D eigenvalue weighted by Gasteiger charge is 2.25. The molecule has 9 nitrogen and oxygen atoms in total. The SMILES string of the molecule is CCN(c1cc(OCCN2CCOCC2)cc(C(=O)NCc2c(C)cc(C)[nH]c2=O)c1C)C1CCOCC1. The second-order valence-corrected chi connectivity index (χ2v) is 10.2. The third kappa shape index (κ3) is 6.95. The van der Waals surface area contributed by atoms with E-state index in [0.29, 0.717) is 29.5 Å². The fourth-order valence-corrected chi connectivity index (χ4v) is 5.40. The Morgan fingerprint density at radius 2 is 1.82 bits per heavy atom. The summed E-state index contributed by atoms with van der Waals surface area (Å²) in [5.41, 5.74) is 4.55. The number of carbonyl (C=O) groups is 1. The third-order valence-corrected chi connectivity index (χ3v) is 7.58. The normalized spacial score (nSPS) is 16.8. The van der Waals surface area contributed by atoms with E-state index in [1.807, 2.05) is 32.9 Å². The monoisotopic (exact) mass is 526 g/mol. The number of pyridine rings is 1. The fraction of sp³-hybridized carbons (Fsp3) is 0.586. The molecule has 1 aromatic heterocycles. The highest BCUT2D eigenvalue weighted by atomic mass is 16.5. The molecular formula is C29H42N4O5. The van der Waals surface area contributed by atoms with Crippen LogP contribution in [0.25, 0.3) is 0 Å². The van der Waals surface area contributed by atoms with Gasteiger partial charge in [-0.15, -0.1) is 0 Å². The summed E-state index contributed by atoms with van der Waals surface area (Å²) in [6, 6.07) is 6.17. The number of aromatic amines is 1. The number of rotatable bonds is 10. The van der Waals surface area contributed by atoms with Gasteiger partial charge in [-0.05, 0) is 63.8 Å². The summed E-state index contributed by atoms with van der Waals surface area (Å²) in [5.74, 6) is 0.462. The molecule has 1 amide bonds. The number of H-pyrrole nitrogens is 1. The Morgan fingerprint density at radius 3 is 2.50 bits per heavy atom. The van der Waals surface area contributed by atoms with E-state index in [-0.39, 0.29) is 18.0 Å². The van der Waals surface area contributed by atoms with Crippen LogP contribution in [0, 0.1) is 20.8 Å². The van der Waals surface area contributed by atoms with Gasteiger partial charge in [-0.3, -0.25) is 14.5 Å². The van der Waals surface area contributed by atoms with Gasteiger partial charge in [-0.25, -0.2) is 0 Å². The van der Waals surface area contributed by atoms with Gasteiger partial charge in [0.2, 0.25) is 0 Å². The first-order valence-electron chi connectivity index (χ1n) is 13.8. The predicted molar refractivity (Wildman–Crippen MR) is 149 cm³/mol. The number of aromatic nitrogens is 1. The first-order chi connectivity index (χ1) is 18.4. The standard InChI is InChI=1S/C29H42N4O5/c1-5-33(23-6-11-36-12-7-23)27-18-24(38-15-10-32-8-13-37-14-9-32)17-25(22(27)4)28(34)30-19-26-20(2)16-21(3)31-29(26)35/h16-18,23H,5-15,19H2,1-4H3,(H,30,34)(H,31,35). The van der Waals surface area contributed by atoms with Gasteiger partial charge in [-0.1, -0.05) is 0 Å². The Morgan fingerprint density at radius 1 is 1.11 bits per heavy atom. The Bertz CT molecular complexity index is 1150. The number of nitrogens with one attached hydrogen (secondary N) is 2. The van der Waals surface area contributed by atoms with Crippen molar-refractivity contribution in [3.8, 4) is 5.75 Å². The number of nitrogens with zero attached hydrogens (tertiary/aromatic N) is 2. The largest absolute Gasteiger partial charge is 0.492 e. The average Bonchev–Trinajstić information content (AvgIpc) is 2.91. The Hall–Kier alpha value is -2.88. The van der Waals surface area contributed by atoms with Crippen molar-refractivity contribution in [2.45, 2.75) is 53.1 Å². The molecule has 2 aromatic rings. The van der Waals surface area contributed by atoms with Crippen molar-refractivity contribution in [3.05, 3.63) is 56.5 Å². The van der Waals surface area contributed by atoms with Gasteiger partial charge in [-0.2, -0.15) is 0 Å². The van der Waals surface area contributed by atoms with Crippen molar-refractivity contribution in [2.75, 3.05) is 64.1 Å². The molecular weight excluding hydrogens is 484 g/mol. The van der Waals surface area contributed by atoms with Crippen molar-refractivity contribution < 1.29 is 19.0 Å². The lowest BCUT2D eigenvalue weighted by Crippen LogP contribution is -2.40. The van der Waals surface area contributed by atoms with Crippen LogP contribution in [0.5, 0.6) is 5.75 Å². The van der Waals surface area contributed by atoms with Crippen LogP contribution in [0.15, 0.2) is 23.0 Å². The Kier molecular flexibility index (Phi) is 9.82. The molecule has 4 rings (SSSR count). The topological polar surface area (TPSA) is 96.1 Å². The van der Waals surface area contributed by atoms with Crippen molar-refractivity contribution in [3.63, 3.8) is 0 Å². The van der Waals surface area contributed by atoms with Gasteiger partial charge in [0.15, 0.2) is 0 Å². The molecule has 38 heavy (non-hydrogen) atoms. The molecule has 0 saturated carbocycles. The van der Waals surface area contributed by atoms with Gasteiger partial charge in [0.05, 0.1) is 13.2 Å². The van der Waals surface area contributed by atoms with Gasteiger partial charge in [0, 0.05) is 80.6 Å². The zero-order valence-corrected chi connectivity index (χ0v) is 23.2. The number of amides is 1. The Balaban J connectivity index is 1.57. The summed E-state index contributed by atoms with van der Waals surface area (Å²) in [6.45, 7) is 15.0. The van der Waals surface area contributed by atoms with Crippen molar-refractivity contribution in [2.24, 2.45) is 0 Å². The number of morpholine rings is 1. The van der Waals surface area contributed by atoms with E-state index < -0.39 is 0 Å². The molecule has 9 heteroatoms. The summed E-state index contributed by atoms with van der Waals surface area (Å²) >= 11 is 0. The van der Waals surface area contributed by atoms with Crippen LogP contribution in [-0.2, 0) is 16.0 Å². The van der Waals surface area contributed by atoms with E-state index in [4.69, 9.17) is 14.2 Å². The van der Waals surface area contributed by atoms with Gasteiger partial charge in [0.1, 0.15) is 12.4 Å². The summed E-state index contributed by atoms with van der Waals surface area (Å²) in [7, 11) is 0. The van der Waals surface area contributed by atoms with E-state index in [9.17, 15) is 9.59 Å². The van der Waals surface area contributed by atoms with E-state index >= 15 is 0 Å². The number of ether oxygens (including phenoxy) is 3. The molecule has 3 heterocycles. The van der Waals surface area contributed by atoms with Gasteiger partial charge >= 0.3 is 0 Å². The lowest BCUT2D eigenvalue weighted by atomic mass is 10.0. The maximum atomic E-state index is 13.5. The maximum Gasteiger partial charge on any atom is 0.253 e. The summed E-state index contributed by atoms with van der Waals surface area (Å²) in [6.07, 6.45) is 1.90. The first kappa shape index (κ1) is 28.1. The molecule has 208 valence electrons. The number of carbonyl (C=O) groups excluding carboxylic acids is 1. The lowest BCUT2D eigenvalue weighted by molar-refractivity contribution is 0.0322. The molecule has 2 fully saturated rings. The van der Waals surface area contributed by atoms with E-state index in [1.165, 1.54) is 0 Å². The molecule has 2 aliphatic rings. The third-order valence-electron chi connectivity index (χ3n) is 7.58. The quantitative estimate of drug-likeness (QED) is 0.491. The number of anilines is 1. The molecule has 2 saturated heterocycles. The molecule has 1 aromatic carbocycles. The summed E-state index contributed by atoms with van der Waals surface area (Å²) in [4.78, 5) is 33.5. The molecule has 0 aliphatic carbocycles. The van der Waals surface area contributed by atoms with Crippen LogP contribution in [-0.4, -0.2) is 81.0 Å². The van der Waals surface area contributed by atoms with Crippen LogP contribution >= 0.6 is 0 Å². The van der Waals surface area contributed by atoms with Gasteiger partial charge in [0.25, 0.3) is 11.5 Å². The number of hydrogen-bond donors (Lipinski definition) is 2. The van der Waals surface area contributed by atoms with Crippen LogP contribution in [0.2, 0.25) is 0 Å². The molecule has 0 atom stereocenters. The summed E-state index contributed by atoms with van der Waals surface area (Å²) < 4.78 is 17.3. The zero-order valence-electron chi connectivity index (χ0n) is 23.2. The summed E-state index contributed by atoms with van der Waals surface area (Å²) in [5, 5.41) is 2.98. The minimum atomic E-state index is -0.218. The average molecular weight is 527 g/mol. The van der Waals surface area contributed by atoms with Crippen LogP contribution in [0.3, 0.4) is 0 Å². The van der Waals surface area contributed by atoms with Crippen LogP contribution < -0.4 is 20.5 Å². The van der Waals surface area contributed by atoms with E-state index in [2.05, 4.69) is 33.1 Å². The minimum absolute atomic E-state index is 0.161. The highest BCUT2D eigenvalue weighted by molar-refractivity contribution is 5.97. The predicted octanol–water partition coefficient (Wildman–Crippen LogP) is 2.95. The van der Waals surface area contributed by atoms with E-state index in [0.717, 1.165) is 88.0 Å². The van der Waals surface area contributed by atoms with Crippen molar-refractivity contribution >= 4 is 11.6 Å². The molecule has 0 radical (unpaired) electrons. The highest BCUT2D eigenvalue weighted by Crippen LogP contribution is 2.33. The molecule has 0 bridgehead atoms. The second kappa shape index (κ2) is 13.3. The maximum absolute atomic E-state index is 13.5. The minimum Gasteiger partial charge on any atom is -0.492 e. The lowest BCUT2D eigenvalue weighted by Gasteiger charge is -2.36. The van der Waals surface area contributed by atoms with Crippen LogP contribution in [0.4, 0.5) is 5.69 Å². The Labute approximate surface area is 225 Å². The second-order valence-electron chi connectivity index (χ2n) is 10.2. The molecule has 0 unspecified atom stereocenters. The number of hydrogen-bond acceptors (Lipinski definition) is 7. The van der Waals surface area contributed by atoms with Crippen LogP contribution in [0.1, 0.15) is 52.5 Å². The van der Waals surface area contributed by atoms with Crippen molar-refractivity contribution in [1.82, 2.24) is 15.2 Å². The number of aryl methyl sites for hydroxylation is 2. The fourth-order valence-electron chi connectivity index (χ4n) is 5.40. The smallest absolute Gasteiger partial charge is 0.253 e. The van der Waals surface area contributed by atoms with Crippen molar-refractivity contribution in [1.29, 1.82) is 0 Å². The molecule has 2 N–H and O–H groups in total. The molecule has 2 aliphatic heterocycles. The van der Waals surface area contributed by atoms with E-state index in [1.54, 1.807) is 0 Å². The molecule has 0 spiro atoms. The number of benzene rings is 1. The van der Waals surface area contributed by atoms with Gasteiger partial charge < -0.3 is 29.4 Å².